The van der Waals surface area contributed by atoms with E-state index >= 15 is 0 Å². The highest BCUT2D eigenvalue weighted by molar-refractivity contribution is 14.0. The van der Waals surface area contributed by atoms with Gasteiger partial charge in [0.05, 0.1) is 17.0 Å². The van der Waals surface area contributed by atoms with Gasteiger partial charge in [0.2, 0.25) is 10.0 Å². The van der Waals surface area contributed by atoms with Gasteiger partial charge in [-0.3, -0.25) is 4.99 Å². The van der Waals surface area contributed by atoms with Crippen molar-refractivity contribution < 1.29 is 8.42 Å². The highest BCUT2D eigenvalue weighted by Gasteiger charge is 2.24. The SMILES string of the molecule is CCNC(=NCC1CCN(S(C)(=O)=O)CC1)NCCc1nc(C)c(C)s1.I. The van der Waals surface area contributed by atoms with Gasteiger partial charge in [0.25, 0.3) is 0 Å². The van der Waals surface area contributed by atoms with Crippen LogP contribution in [0.1, 0.15) is 35.3 Å². The van der Waals surface area contributed by atoms with E-state index in [9.17, 15) is 8.42 Å². The average molecular weight is 530 g/mol. The Labute approximate surface area is 184 Å². The van der Waals surface area contributed by atoms with Crippen LogP contribution in [0, 0.1) is 19.8 Å². The van der Waals surface area contributed by atoms with Crippen LogP contribution in [-0.2, 0) is 16.4 Å². The first kappa shape index (κ1) is 24.6. The van der Waals surface area contributed by atoms with Crippen LogP contribution in [0.25, 0.3) is 0 Å². The fourth-order valence-corrected chi connectivity index (χ4v) is 4.73. The molecule has 1 aromatic heterocycles. The summed E-state index contributed by atoms with van der Waals surface area (Å²) in [6, 6.07) is 0. The lowest BCUT2D eigenvalue weighted by Gasteiger charge is -2.29. The lowest BCUT2D eigenvalue weighted by molar-refractivity contribution is 0.280. The van der Waals surface area contributed by atoms with Crippen LogP contribution in [0.5, 0.6) is 0 Å². The van der Waals surface area contributed by atoms with E-state index in [4.69, 9.17) is 0 Å². The Morgan fingerprint density at radius 2 is 1.96 bits per heavy atom. The molecule has 7 nitrogen and oxygen atoms in total. The van der Waals surface area contributed by atoms with Crippen molar-refractivity contribution in [1.29, 1.82) is 0 Å². The number of aromatic nitrogens is 1. The number of aryl methyl sites for hydroxylation is 2. The second kappa shape index (κ2) is 11.5. The number of halogens is 1. The van der Waals surface area contributed by atoms with Crippen molar-refractivity contribution in [2.24, 2.45) is 10.9 Å². The fraction of sp³-hybridized carbons (Fsp3) is 0.765. The molecule has 0 amide bonds. The Kier molecular flexibility index (Phi) is 10.5. The number of nitrogens with one attached hydrogen (secondary N) is 2. The minimum atomic E-state index is -3.06. The number of aliphatic imine (C=N–C) groups is 1. The van der Waals surface area contributed by atoms with E-state index in [-0.39, 0.29) is 24.0 Å². The summed E-state index contributed by atoms with van der Waals surface area (Å²) < 4.78 is 24.7. The van der Waals surface area contributed by atoms with Crippen LogP contribution in [0.2, 0.25) is 0 Å². The van der Waals surface area contributed by atoms with Gasteiger partial charge in [-0.05, 0) is 39.5 Å². The van der Waals surface area contributed by atoms with Gasteiger partial charge in [-0.1, -0.05) is 0 Å². The summed E-state index contributed by atoms with van der Waals surface area (Å²) in [7, 11) is -3.06. The predicted molar refractivity (Wildman–Crippen MR) is 124 cm³/mol. The highest BCUT2D eigenvalue weighted by atomic mass is 127. The Morgan fingerprint density at radius 1 is 1.30 bits per heavy atom. The van der Waals surface area contributed by atoms with Crippen LogP contribution in [-0.4, -0.2) is 62.6 Å². The Bertz CT molecular complexity index is 693. The van der Waals surface area contributed by atoms with E-state index in [0.717, 1.165) is 55.6 Å². The fourth-order valence-electron chi connectivity index (χ4n) is 2.92. The van der Waals surface area contributed by atoms with Gasteiger partial charge in [-0.2, -0.15) is 0 Å². The molecule has 1 fully saturated rings. The largest absolute Gasteiger partial charge is 0.357 e. The lowest BCUT2D eigenvalue weighted by Crippen LogP contribution is -2.40. The third kappa shape index (κ3) is 8.20. The molecule has 0 aliphatic carbocycles. The van der Waals surface area contributed by atoms with Gasteiger partial charge in [-0.15, -0.1) is 35.3 Å². The zero-order chi connectivity index (χ0) is 19.2. The first-order valence-electron chi connectivity index (χ1n) is 9.19. The Hall–Kier alpha value is -0.460. The zero-order valence-corrected chi connectivity index (χ0v) is 20.6. The minimum Gasteiger partial charge on any atom is -0.357 e. The molecule has 156 valence electrons. The topological polar surface area (TPSA) is 86.7 Å². The standard InChI is InChI=1S/C17H31N5O2S2.HI/c1-5-18-17(19-9-6-16-21-13(2)14(3)25-16)20-12-15-7-10-22(11-8-15)26(4,23)24;/h15H,5-12H2,1-4H3,(H2,18,19,20);1H. The molecule has 1 aliphatic rings. The maximum Gasteiger partial charge on any atom is 0.211 e. The van der Waals surface area contributed by atoms with Crippen molar-refractivity contribution in [3.8, 4) is 0 Å². The van der Waals surface area contributed by atoms with Crippen LogP contribution in [0.15, 0.2) is 4.99 Å². The number of sulfonamides is 1. The van der Waals surface area contributed by atoms with Gasteiger partial charge >= 0.3 is 0 Å². The summed E-state index contributed by atoms with van der Waals surface area (Å²) in [5.41, 5.74) is 1.12. The molecule has 2 N–H and O–H groups in total. The summed E-state index contributed by atoms with van der Waals surface area (Å²) in [4.78, 5) is 10.5. The van der Waals surface area contributed by atoms with E-state index in [0.29, 0.717) is 19.0 Å². The van der Waals surface area contributed by atoms with E-state index < -0.39 is 10.0 Å². The Balaban J connectivity index is 0.00000364. The van der Waals surface area contributed by atoms with Crippen molar-refractivity contribution in [1.82, 2.24) is 19.9 Å². The quantitative estimate of drug-likeness (QED) is 0.321. The molecule has 0 saturated carbocycles. The molecule has 0 spiro atoms. The predicted octanol–water partition coefficient (Wildman–Crippen LogP) is 2.15. The van der Waals surface area contributed by atoms with Gasteiger partial charge in [0.1, 0.15) is 0 Å². The van der Waals surface area contributed by atoms with E-state index in [1.807, 2.05) is 6.92 Å². The molecule has 10 heteroatoms. The molecular weight excluding hydrogens is 497 g/mol. The van der Waals surface area contributed by atoms with Gasteiger partial charge in [-0.25, -0.2) is 17.7 Å². The molecule has 0 radical (unpaired) electrons. The van der Waals surface area contributed by atoms with Gasteiger partial charge < -0.3 is 10.6 Å². The number of guanidine groups is 1. The first-order chi connectivity index (χ1) is 12.3. The number of rotatable bonds is 7. The van der Waals surface area contributed by atoms with E-state index in [1.54, 1.807) is 15.6 Å². The zero-order valence-electron chi connectivity index (χ0n) is 16.6. The molecule has 0 bridgehead atoms. The van der Waals surface area contributed by atoms with Gasteiger partial charge in [0.15, 0.2) is 5.96 Å². The summed E-state index contributed by atoms with van der Waals surface area (Å²) >= 11 is 1.75. The maximum atomic E-state index is 11.6. The monoisotopic (exact) mass is 529 g/mol. The third-order valence-electron chi connectivity index (χ3n) is 4.60. The third-order valence-corrected chi connectivity index (χ3v) is 7.03. The second-order valence-electron chi connectivity index (χ2n) is 6.75. The summed E-state index contributed by atoms with van der Waals surface area (Å²) in [6.07, 6.45) is 3.90. The molecule has 1 aliphatic heterocycles. The summed E-state index contributed by atoms with van der Waals surface area (Å²) in [5, 5.41) is 7.79. The minimum absolute atomic E-state index is 0. The highest BCUT2D eigenvalue weighted by Crippen LogP contribution is 2.19. The number of hydrogen-bond acceptors (Lipinski definition) is 5. The van der Waals surface area contributed by atoms with Crippen LogP contribution >= 0.6 is 35.3 Å². The molecule has 1 saturated heterocycles. The second-order valence-corrected chi connectivity index (χ2v) is 10.0. The van der Waals surface area contributed by atoms with E-state index in [1.165, 1.54) is 11.1 Å². The summed E-state index contributed by atoms with van der Waals surface area (Å²) in [6.45, 7) is 9.74. The molecule has 0 aromatic carbocycles. The molecular formula is C17H32IN5O2S2. The number of nitrogens with zero attached hydrogens (tertiary/aromatic N) is 3. The Morgan fingerprint density at radius 3 is 2.48 bits per heavy atom. The molecule has 0 atom stereocenters. The first-order valence-corrected chi connectivity index (χ1v) is 11.9. The van der Waals surface area contributed by atoms with Crippen molar-refractivity contribution in [3.63, 3.8) is 0 Å². The van der Waals surface area contributed by atoms with Crippen LogP contribution in [0.4, 0.5) is 0 Å². The van der Waals surface area contributed by atoms with Crippen LogP contribution in [0.3, 0.4) is 0 Å². The van der Waals surface area contributed by atoms with E-state index in [2.05, 4.69) is 34.5 Å². The van der Waals surface area contributed by atoms with Crippen molar-refractivity contribution in [2.75, 3.05) is 39.0 Å². The molecule has 2 rings (SSSR count). The number of piperidine rings is 1. The van der Waals surface area contributed by atoms with Crippen molar-refractivity contribution in [3.05, 3.63) is 15.6 Å². The molecule has 2 heterocycles. The number of hydrogen-bond donors (Lipinski definition) is 2. The smallest absolute Gasteiger partial charge is 0.211 e. The van der Waals surface area contributed by atoms with Gasteiger partial charge in [0, 0.05) is 44.0 Å². The lowest BCUT2D eigenvalue weighted by atomic mass is 9.98. The van der Waals surface area contributed by atoms with Crippen molar-refractivity contribution >= 4 is 51.3 Å². The molecule has 27 heavy (non-hydrogen) atoms. The van der Waals surface area contributed by atoms with Crippen LogP contribution < -0.4 is 10.6 Å². The molecule has 0 unspecified atom stereocenters. The van der Waals surface area contributed by atoms with Crippen molar-refractivity contribution in [2.45, 2.75) is 40.0 Å². The molecule has 1 aromatic rings. The average Bonchev–Trinajstić information content (AvgIpc) is 2.90. The maximum absolute atomic E-state index is 11.6. The number of thiazole rings is 1. The summed E-state index contributed by atoms with van der Waals surface area (Å²) in [5.74, 6) is 1.26. The normalized spacial score (nSPS) is 16.8.